The standard InChI is InChI=1S/C16H23N3O4/c1-10-14(17-9-23-10)15(22)18-5-4-13-12(7-18)6-16(3,8-20)19(13)11(2)21/h9,12-13,20H,4-8H2,1-3H3/t12-,13-,16+/m0/s1. The van der Waals surface area contributed by atoms with Gasteiger partial charge in [0.2, 0.25) is 5.91 Å². The first kappa shape index (κ1) is 16.0. The molecule has 0 saturated carbocycles. The van der Waals surface area contributed by atoms with Crippen LogP contribution < -0.4 is 0 Å². The van der Waals surface area contributed by atoms with Gasteiger partial charge in [-0.3, -0.25) is 9.59 Å². The van der Waals surface area contributed by atoms with Gasteiger partial charge in [0.05, 0.1) is 12.1 Å². The normalized spacial score (nSPS) is 30.4. The van der Waals surface area contributed by atoms with Gasteiger partial charge in [-0.1, -0.05) is 0 Å². The van der Waals surface area contributed by atoms with Crippen LogP contribution in [0.1, 0.15) is 42.9 Å². The topological polar surface area (TPSA) is 86.9 Å². The lowest BCUT2D eigenvalue weighted by Gasteiger charge is -2.40. The van der Waals surface area contributed by atoms with Crippen LogP contribution in [0, 0.1) is 12.8 Å². The molecule has 0 radical (unpaired) electrons. The number of aliphatic hydroxyl groups excluding tert-OH is 1. The average Bonchev–Trinajstić information content (AvgIpc) is 3.06. The largest absolute Gasteiger partial charge is 0.448 e. The Kier molecular flexibility index (Phi) is 3.91. The second-order valence-corrected chi connectivity index (χ2v) is 6.87. The molecular weight excluding hydrogens is 298 g/mol. The van der Waals surface area contributed by atoms with E-state index in [0.717, 1.165) is 6.42 Å². The van der Waals surface area contributed by atoms with Crippen molar-refractivity contribution >= 4 is 11.8 Å². The smallest absolute Gasteiger partial charge is 0.276 e. The molecule has 7 nitrogen and oxygen atoms in total. The van der Waals surface area contributed by atoms with Crippen molar-refractivity contribution in [2.45, 2.75) is 45.2 Å². The van der Waals surface area contributed by atoms with Crippen molar-refractivity contribution in [3.63, 3.8) is 0 Å². The van der Waals surface area contributed by atoms with Gasteiger partial charge in [-0.2, -0.15) is 0 Å². The molecule has 23 heavy (non-hydrogen) atoms. The van der Waals surface area contributed by atoms with Crippen molar-refractivity contribution in [1.29, 1.82) is 0 Å². The van der Waals surface area contributed by atoms with Crippen LogP contribution in [0.5, 0.6) is 0 Å². The molecule has 2 saturated heterocycles. The second-order valence-electron chi connectivity index (χ2n) is 6.87. The fraction of sp³-hybridized carbons (Fsp3) is 0.688. The summed E-state index contributed by atoms with van der Waals surface area (Å²) in [4.78, 5) is 32.2. The molecule has 2 fully saturated rings. The van der Waals surface area contributed by atoms with Crippen LogP contribution in [-0.4, -0.2) is 63.0 Å². The van der Waals surface area contributed by atoms with Crippen LogP contribution in [0.4, 0.5) is 0 Å². The molecule has 0 bridgehead atoms. The zero-order valence-electron chi connectivity index (χ0n) is 13.8. The number of fused-ring (bicyclic) bond motifs is 1. The summed E-state index contributed by atoms with van der Waals surface area (Å²) in [6.07, 6.45) is 2.71. The van der Waals surface area contributed by atoms with Crippen LogP contribution in [0.15, 0.2) is 10.8 Å². The highest BCUT2D eigenvalue weighted by Gasteiger charge is 2.51. The van der Waals surface area contributed by atoms with Gasteiger partial charge in [-0.05, 0) is 32.6 Å². The van der Waals surface area contributed by atoms with E-state index in [0.29, 0.717) is 31.0 Å². The number of oxazole rings is 1. The lowest BCUT2D eigenvalue weighted by atomic mass is 9.89. The van der Waals surface area contributed by atoms with Crippen LogP contribution in [0.2, 0.25) is 0 Å². The molecule has 2 amide bonds. The number of piperidine rings is 1. The minimum Gasteiger partial charge on any atom is -0.448 e. The number of amides is 2. The first-order valence-electron chi connectivity index (χ1n) is 7.97. The number of aryl methyl sites for hydroxylation is 1. The zero-order chi connectivity index (χ0) is 16.8. The molecule has 1 aromatic heterocycles. The number of carbonyl (C=O) groups is 2. The van der Waals surface area contributed by atoms with Crippen molar-refractivity contribution < 1.29 is 19.1 Å². The fourth-order valence-corrected chi connectivity index (χ4v) is 4.22. The van der Waals surface area contributed by atoms with Gasteiger partial charge in [0.1, 0.15) is 5.76 Å². The van der Waals surface area contributed by atoms with Crippen LogP contribution in [-0.2, 0) is 4.79 Å². The van der Waals surface area contributed by atoms with Gasteiger partial charge >= 0.3 is 0 Å². The Hall–Kier alpha value is -1.89. The predicted molar refractivity (Wildman–Crippen MR) is 81.7 cm³/mol. The molecule has 0 aromatic carbocycles. The number of rotatable bonds is 2. The Morgan fingerprint density at radius 3 is 2.83 bits per heavy atom. The Morgan fingerprint density at radius 1 is 1.52 bits per heavy atom. The molecule has 0 unspecified atom stereocenters. The SMILES string of the molecule is CC(=O)N1[C@H]2CCN(C(=O)c3ncoc3C)C[C@@H]2C[C@]1(C)CO. The van der Waals surface area contributed by atoms with Crippen molar-refractivity contribution in [2.75, 3.05) is 19.7 Å². The predicted octanol–water partition coefficient (Wildman–Crippen LogP) is 0.817. The summed E-state index contributed by atoms with van der Waals surface area (Å²) in [5.74, 6) is 0.568. The number of hydrogen-bond donors (Lipinski definition) is 1. The lowest BCUT2D eigenvalue weighted by Crippen LogP contribution is -2.53. The number of aromatic nitrogens is 1. The highest BCUT2D eigenvalue weighted by Crippen LogP contribution is 2.42. The van der Waals surface area contributed by atoms with Crippen molar-refractivity contribution in [3.05, 3.63) is 17.8 Å². The second kappa shape index (κ2) is 5.63. The highest BCUT2D eigenvalue weighted by molar-refractivity contribution is 5.93. The molecule has 0 spiro atoms. The van der Waals surface area contributed by atoms with Crippen molar-refractivity contribution in [3.8, 4) is 0 Å². The van der Waals surface area contributed by atoms with E-state index in [-0.39, 0.29) is 30.4 Å². The lowest BCUT2D eigenvalue weighted by molar-refractivity contribution is -0.137. The zero-order valence-corrected chi connectivity index (χ0v) is 13.8. The number of hydrogen-bond acceptors (Lipinski definition) is 5. The minimum absolute atomic E-state index is 0.0128. The monoisotopic (exact) mass is 321 g/mol. The van der Waals surface area contributed by atoms with E-state index in [9.17, 15) is 14.7 Å². The first-order chi connectivity index (χ1) is 10.9. The summed E-state index contributed by atoms with van der Waals surface area (Å²) < 4.78 is 5.12. The first-order valence-corrected chi connectivity index (χ1v) is 7.97. The minimum atomic E-state index is -0.538. The molecular formula is C16H23N3O4. The van der Waals surface area contributed by atoms with E-state index in [1.54, 1.807) is 18.7 Å². The molecule has 3 atom stereocenters. The Bertz CT molecular complexity index is 629. The number of carbonyl (C=O) groups excluding carboxylic acids is 2. The third-order valence-electron chi connectivity index (χ3n) is 5.22. The number of likely N-dealkylation sites (tertiary alicyclic amines) is 2. The molecule has 0 aliphatic carbocycles. The van der Waals surface area contributed by atoms with E-state index >= 15 is 0 Å². The summed E-state index contributed by atoms with van der Waals surface area (Å²) in [5.41, 5.74) is -0.181. The average molecular weight is 321 g/mol. The third kappa shape index (κ3) is 2.52. The van der Waals surface area contributed by atoms with Crippen molar-refractivity contribution in [2.24, 2.45) is 5.92 Å². The molecule has 2 aliphatic heterocycles. The Morgan fingerprint density at radius 2 is 2.26 bits per heavy atom. The fourth-order valence-electron chi connectivity index (χ4n) is 4.22. The van der Waals surface area contributed by atoms with E-state index in [1.165, 1.54) is 6.39 Å². The third-order valence-corrected chi connectivity index (χ3v) is 5.22. The molecule has 2 aliphatic rings. The van der Waals surface area contributed by atoms with Crippen molar-refractivity contribution in [1.82, 2.24) is 14.8 Å². The summed E-state index contributed by atoms with van der Waals surface area (Å²) in [5, 5.41) is 9.76. The molecule has 1 aromatic rings. The van der Waals surface area contributed by atoms with Gasteiger partial charge in [-0.15, -0.1) is 0 Å². The maximum atomic E-state index is 12.6. The van der Waals surface area contributed by atoms with Gasteiger partial charge in [0.25, 0.3) is 5.91 Å². The van der Waals surface area contributed by atoms with Gasteiger partial charge in [0.15, 0.2) is 12.1 Å². The number of nitrogens with zero attached hydrogens (tertiary/aromatic N) is 3. The van der Waals surface area contributed by atoms with Gasteiger partial charge < -0.3 is 19.3 Å². The van der Waals surface area contributed by atoms with Crippen LogP contribution >= 0.6 is 0 Å². The van der Waals surface area contributed by atoms with E-state index < -0.39 is 5.54 Å². The summed E-state index contributed by atoms with van der Waals surface area (Å²) in [6.45, 7) is 6.29. The highest BCUT2D eigenvalue weighted by atomic mass is 16.3. The van der Waals surface area contributed by atoms with E-state index in [4.69, 9.17) is 4.42 Å². The molecule has 126 valence electrons. The Labute approximate surface area is 135 Å². The van der Waals surface area contributed by atoms with E-state index in [1.807, 2.05) is 11.8 Å². The molecule has 3 rings (SSSR count). The number of aliphatic hydroxyl groups is 1. The molecule has 7 heteroatoms. The van der Waals surface area contributed by atoms with Crippen LogP contribution in [0.25, 0.3) is 0 Å². The maximum Gasteiger partial charge on any atom is 0.276 e. The Balaban J connectivity index is 1.78. The van der Waals surface area contributed by atoms with Gasteiger partial charge in [0, 0.05) is 26.1 Å². The maximum absolute atomic E-state index is 12.6. The molecule has 3 heterocycles. The van der Waals surface area contributed by atoms with Gasteiger partial charge in [-0.25, -0.2) is 4.98 Å². The summed E-state index contributed by atoms with van der Waals surface area (Å²) >= 11 is 0. The quantitative estimate of drug-likeness (QED) is 0.871. The molecule has 1 N–H and O–H groups in total. The summed E-state index contributed by atoms with van der Waals surface area (Å²) in [7, 11) is 0. The van der Waals surface area contributed by atoms with Crippen LogP contribution in [0.3, 0.4) is 0 Å². The van der Waals surface area contributed by atoms with E-state index in [2.05, 4.69) is 4.98 Å². The summed E-state index contributed by atoms with van der Waals surface area (Å²) in [6, 6.07) is 0.0899.